The molecule has 8 atom stereocenters. The number of hydrogen-bond donors (Lipinski definition) is 0. The van der Waals surface area contributed by atoms with Gasteiger partial charge in [0.15, 0.2) is 0 Å². The lowest BCUT2D eigenvalue weighted by molar-refractivity contribution is -0.140. The molecule has 6 rings (SSSR count). The first-order chi connectivity index (χ1) is 15.8. The van der Waals surface area contributed by atoms with Gasteiger partial charge < -0.3 is 18.9 Å². The van der Waals surface area contributed by atoms with E-state index in [9.17, 15) is 9.59 Å². The van der Waals surface area contributed by atoms with Crippen LogP contribution in [0.15, 0.2) is 42.0 Å². The number of fused-ring (bicyclic) bond motifs is 2. The van der Waals surface area contributed by atoms with Crippen molar-refractivity contribution in [2.75, 3.05) is 13.7 Å². The molecule has 2 heterocycles. The minimum atomic E-state index is -0.324. The maximum Gasteiger partial charge on any atom is 0.338 e. The zero-order valence-electron chi connectivity index (χ0n) is 19.5. The second kappa shape index (κ2) is 7.16. The molecule has 2 saturated heterocycles. The molecule has 5 aliphatic rings. The van der Waals surface area contributed by atoms with Crippen molar-refractivity contribution < 1.29 is 28.5 Å². The summed E-state index contributed by atoms with van der Waals surface area (Å²) in [4.78, 5) is 25.0. The number of carbonyl (C=O) groups excluding carboxylic acids is 2. The zero-order chi connectivity index (χ0) is 23.0. The molecule has 4 fully saturated rings. The number of epoxide rings is 2. The van der Waals surface area contributed by atoms with Crippen LogP contribution in [0.4, 0.5) is 0 Å². The maximum atomic E-state index is 12.8. The zero-order valence-corrected chi connectivity index (χ0v) is 19.5. The molecule has 0 bridgehead atoms. The van der Waals surface area contributed by atoms with E-state index in [4.69, 9.17) is 18.9 Å². The fraction of sp³-hybridized carbons (Fsp3) is 0.630. The highest BCUT2D eigenvalue weighted by atomic mass is 16.6. The van der Waals surface area contributed by atoms with Crippen molar-refractivity contribution in [1.29, 1.82) is 0 Å². The van der Waals surface area contributed by atoms with Crippen LogP contribution in [0.3, 0.4) is 0 Å². The van der Waals surface area contributed by atoms with Gasteiger partial charge in [-0.3, -0.25) is 4.79 Å². The predicted molar refractivity (Wildman–Crippen MR) is 119 cm³/mol. The summed E-state index contributed by atoms with van der Waals surface area (Å²) in [6, 6.07) is 9.25. The molecule has 176 valence electrons. The number of allylic oxidation sites excluding steroid dienone is 1. The summed E-state index contributed by atoms with van der Waals surface area (Å²) in [5.41, 5.74) is 0.968. The molecule has 3 aliphatic carbocycles. The molecule has 0 N–H and O–H groups in total. The summed E-state index contributed by atoms with van der Waals surface area (Å²) in [6.45, 7) is 5.23. The number of hydrogen-bond acceptors (Lipinski definition) is 6. The summed E-state index contributed by atoms with van der Waals surface area (Å²) < 4.78 is 23.6. The van der Waals surface area contributed by atoms with Crippen LogP contribution < -0.4 is 0 Å². The number of ether oxygens (including phenoxy) is 4. The van der Waals surface area contributed by atoms with Crippen LogP contribution in [0.1, 0.15) is 56.3 Å². The minimum Gasteiger partial charge on any atom is -0.469 e. The Hall–Kier alpha value is -2.18. The van der Waals surface area contributed by atoms with Gasteiger partial charge in [-0.15, -0.1) is 0 Å². The topological polar surface area (TPSA) is 77.7 Å². The van der Waals surface area contributed by atoms with E-state index in [0.717, 1.165) is 31.3 Å². The van der Waals surface area contributed by atoms with Gasteiger partial charge in [0.25, 0.3) is 0 Å². The van der Waals surface area contributed by atoms with Crippen LogP contribution in [0, 0.1) is 22.7 Å². The van der Waals surface area contributed by atoms with Gasteiger partial charge >= 0.3 is 11.9 Å². The van der Waals surface area contributed by atoms with Gasteiger partial charge in [0.2, 0.25) is 0 Å². The van der Waals surface area contributed by atoms with Crippen LogP contribution in [0.25, 0.3) is 0 Å². The average molecular weight is 453 g/mol. The second-order valence-corrected chi connectivity index (χ2v) is 10.9. The van der Waals surface area contributed by atoms with Gasteiger partial charge in [-0.05, 0) is 49.7 Å². The maximum absolute atomic E-state index is 12.8. The molecular weight excluding hydrogens is 420 g/mol. The third-order valence-corrected chi connectivity index (χ3v) is 9.64. The van der Waals surface area contributed by atoms with E-state index < -0.39 is 0 Å². The highest BCUT2D eigenvalue weighted by molar-refractivity contribution is 5.89. The van der Waals surface area contributed by atoms with E-state index in [1.165, 1.54) is 7.11 Å². The standard InChI is InChI=1S/C27H32O6/c1-25-14-21-27(33-21)19(10-9-17(13-23(28)30-3)26(27,2)22-15-31-22)18(25)11-12-20(25)32-24(29)16-7-5-4-6-8-16/h4-9,18-22H,10-15H2,1-3H3/t18-,19-,20-,21+,22+,25-,26+,27-/m0/s1. The van der Waals surface area contributed by atoms with E-state index in [2.05, 4.69) is 19.9 Å². The van der Waals surface area contributed by atoms with Crippen molar-refractivity contribution in [3.8, 4) is 0 Å². The smallest absolute Gasteiger partial charge is 0.338 e. The first-order valence-corrected chi connectivity index (χ1v) is 12.2. The van der Waals surface area contributed by atoms with Crippen molar-refractivity contribution in [1.82, 2.24) is 0 Å². The molecule has 0 aromatic heterocycles. The first-order valence-electron chi connectivity index (χ1n) is 12.2. The van der Waals surface area contributed by atoms with Crippen LogP contribution in [-0.4, -0.2) is 49.6 Å². The number of rotatable bonds is 5. The molecule has 1 aromatic carbocycles. The molecule has 0 radical (unpaired) electrons. The minimum absolute atomic E-state index is 0.0821. The van der Waals surface area contributed by atoms with E-state index >= 15 is 0 Å². The van der Waals surface area contributed by atoms with Crippen molar-refractivity contribution in [3.63, 3.8) is 0 Å². The van der Waals surface area contributed by atoms with E-state index in [0.29, 0.717) is 24.0 Å². The van der Waals surface area contributed by atoms with Gasteiger partial charge in [0, 0.05) is 10.8 Å². The Morgan fingerprint density at radius 1 is 1.09 bits per heavy atom. The van der Waals surface area contributed by atoms with Crippen molar-refractivity contribution in [3.05, 3.63) is 47.5 Å². The van der Waals surface area contributed by atoms with Crippen LogP contribution >= 0.6 is 0 Å². The Morgan fingerprint density at radius 2 is 1.85 bits per heavy atom. The quantitative estimate of drug-likeness (QED) is 0.381. The lowest BCUT2D eigenvalue weighted by Crippen LogP contribution is -2.58. The molecule has 2 saturated carbocycles. The van der Waals surface area contributed by atoms with Crippen LogP contribution in [-0.2, 0) is 23.7 Å². The molecule has 0 unspecified atom stereocenters. The fourth-order valence-electron chi connectivity index (χ4n) is 7.79. The van der Waals surface area contributed by atoms with Crippen molar-refractivity contribution in [2.45, 2.75) is 69.9 Å². The van der Waals surface area contributed by atoms with Gasteiger partial charge in [0.1, 0.15) is 11.7 Å². The predicted octanol–water partition coefficient (Wildman–Crippen LogP) is 4.08. The lowest BCUT2D eigenvalue weighted by atomic mass is 9.49. The summed E-state index contributed by atoms with van der Waals surface area (Å²) in [7, 11) is 1.44. The Balaban J connectivity index is 1.29. The third kappa shape index (κ3) is 2.86. The number of methoxy groups -OCH3 is 1. The summed E-state index contributed by atoms with van der Waals surface area (Å²) >= 11 is 0. The summed E-state index contributed by atoms with van der Waals surface area (Å²) in [6.07, 6.45) is 6.26. The summed E-state index contributed by atoms with van der Waals surface area (Å²) in [5, 5.41) is 0. The van der Waals surface area contributed by atoms with E-state index in [1.54, 1.807) is 0 Å². The monoisotopic (exact) mass is 452 g/mol. The summed E-state index contributed by atoms with van der Waals surface area (Å²) in [5.74, 6) is 0.279. The van der Waals surface area contributed by atoms with Gasteiger partial charge in [0.05, 0.1) is 37.9 Å². The molecule has 33 heavy (non-hydrogen) atoms. The van der Waals surface area contributed by atoms with Gasteiger partial charge in [-0.25, -0.2) is 4.79 Å². The highest BCUT2D eigenvalue weighted by Gasteiger charge is 2.81. The van der Waals surface area contributed by atoms with Crippen LogP contribution in [0.2, 0.25) is 0 Å². The van der Waals surface area contributed by atoms with Crippen molar-refractivity contribution in [2.24, 2.45) is 22.7 Å². The van der Waals surface area contributed by atoms with Gasteiger partial charge in [-0.1, -0.05) is 43.7 Å². The molecule has 2 aliphatic heterocycles. The molecule has 6 heteroatoms. The highest BCUT2D eigenvalue weighted by Crippen LogP contribution is 2.75. The average Bonchev–Trinajstić information content (AvgIpc) is 3.73. The molecule has 1 spiro atoms. The van der Waals surface area contributed by atoms with Crippen LogP contribution in [0.5, 0.6) is 0 Å². The Kier molecular flexibility index (Phi) is 4.63. The van der Waals surface area contributed by atoms with E-state index in [1.807, 2.05) is 30.3 Å². The normalized spacial score (nSPS) is 44.6. The number of benzene rings is 1. The first kappa shape index (κ1) is 21.4. The Morgan fingerprint density at radius 3 is 2.55 bits per heavy atom. The Bertz CT molecular complexity index is 1010. The third-order valence-electron chi connectivity index (χ3n) is 9.64. The second-order valence-electron chi connectivity index (χ2n) is 10.9. The van der Waals surface area contributed by atoms with Gasteiger partial charge in [-0.2, -0.15) is 0 Å². The fourth-order valence-corrected chi connectivity index (χ4v) is 7.79. The molecule has 6 nitrogen and oxygen atoms in total. The number of esters is 2. The van der Waals surface area contributed by atoms with E-state index in [-0.39, 0.29) is 53.1 Å². The molecule has 1 aromatic rings. The SMILES string of the molecule is COC(=O)CC1=CC[C@H]2[C@@H]3CC[C@H](OC(=O)c4ccccc4)[C@@]3(C)C[C@H]3O[C@]32[C@@]1(C)[C@H]1CO1. The molecular formula is C27H32O6. The number of carbonyl (C=O) groups is 2. The Labute approximate surface area is 194 Å². The molecule has 0 amide bonds. The lowest BCUT2D eigenvalue weighted by Gasteiger charge is -2.53. The largest absolute Gasteiger partial charge is 0.469 e. The van der Waals surface area contributed by atoms with Crippen molar-refractivity contribution >= 4 is 11.9 Å².